The van der Waals surface area contributed by atoms with Gasteiger partial charge in [0.25, 0.3) is 0 Å². The maximum Gasteiger partial charge on any atom is 0.189 e. The molecule has 3 nitrogen and oxygen atoms in total. The van der Waals surface area contributed by atoms with E-state index in [9.17, 15) is 4.79 Å². The minimum atomic E-state index is -0.557. The summed E-state index contributed by atoms with van der Waals surface area (Å²) in [6.07, 6.45) is 0. The van der Waals surface area contributed by atoms with Crippen LogP contribution in [0.5, 0.6) is 0 Å². The second-order valence-corrected chi connectivity index (χ2v) is 1.13. The quantitative estimate of drug-likeness (QED) is 0.289. The zero-order valence-electron chi connectivity index (χ0n) is 5.42. The molecule has 0 atom stereocenters. The van der Waals surface area contributed by atoms with Gasteiger partial charge in [-0.3, -0.25) is 11.7 Å². The van der Waals surface area contributed by atoms with E-state index in [1.54, 1.807) is 0 Å². The molecule has 0 aromatic heterocycles. The third-order valence-corrected chi connectivity index (χ3v) is 0.507. The Bertz CT molecular complexity index is 74.6. The summed E-state index contributed by atoms with van der Waals surface area (Å²) in [6, 6.07) is 0. The van der Waals surface area contributed by atoms with Gasteiger partial charge in [0.15, 0.2) is 12.8 Å². The van der Waals surface area contributed by atoms with Crippen molar-refractivity contribution in [3.05, 3.63) is 6.92 Å². The number of ether oxygens (including phenoxy) is 2. The Kier molecular flexibility index (Phi) is 11.3. The Labute approximate surface area is 80.0 Å². The van der Waals surface area contributed by atoms with E-state index < -0.39 is 5.97 Å². The van der Waals surface area contributed by atoms with Crippen molar-refractivity contribution in [2.24, 2.45) is 0 Å². The van der Waals surface area contributed by atoms with Gasteiger partial charge in [0.2, 0.25) is 0 Å². The first-order chi connectivity index (χ1) is 3.77. The first-order valence-corrected chi connectivity index (χ1v) is 2.33. The van der Waals surface area contributed by atoms with Crippen LogP contribution < -0.4 is 0 Å². The summed E-state index contributed by atoms with van der Waals surface area (Å²) in [7, 11) is 0. The van der Waals surface area contributed by atoms with Crippen LogP contribution in [0.2, 0.25) is 0 Å². The molecule has 51 valence electrons. The van der Waals surface area contributed by atoms with Crippen LogP contribution in [-0.2, 0) is 47.0 Å². The molecule has 0 aliphatic heterocycles. The zero-order chi connectivity index (χ0) is 6.41. The Hall–Kier alpha value is 0.404. The van der Waals surface area contributed by atoms with Crippen molar-refractivity contribution in [2.75, 3.05) is 13.4 Å². The van der Waals surface area contributed by atoms with E-state index in [1.165, 1.54) is 0 Å². The zero-order valence-corrected chi connectivity index (χ0v) is 8.26. The molecule has 0 aliphatic rings. The summed E-state index contributed by atoms with van der Waals surface area (Å²) in [5, 5.41) is 0. The van der Waals surface area contributed by atoms with E-state index in [-0.39, 0.29) is 39.5 Å². The molecule has 0 aromatic rings. The molecule has 0 bridgehead atoms. The van der Waals surface area contributed by atoms with E-state index in [0.717, 1.165) is 0 Å². The van der Waals surface area contributed by atoms with Crippen molar-refractivity contribution in [2.45, 2.75) is 6.92 Å². The molecule has 0 fully saturated rings. The average molecular weight is 206 g/mol. The van der Waals surface area contributed by atoms with E-state index in [2.05, 4.69) is 16.4 Å². The predicted molar refractivity (Wildman–Crippen MR) is 27.9 cm³/mol. The van der Waals surface area contributed by atoms with Crippen LogP contribution in [0.3, 0.4) is 0 Å². The summed E-state index contributed by atoms with van der Waals surface area (Å²) >= 11 is 0. The summed E-state index contributed by atoms with van der Waals surface area (Å²) in [4.78, 5) is 9.91. The minimum Gasteiger partial charge on any atom is -0.462 e. The second kappa shape index (κ2) is 8.40. The molecule has 0 N–H and O–H groups in total. The molecule has 4 heteroatoms. The third-order valence-electron chi connectivity index (χ3n) is 0.507. The van der Waals surface area contributed by atoms with Crippen LogP contribution in [0.15, 0.2) is 0 Å². The van der Waals surface area contributed by atoms with Crippen LogP contribution in [-0.4, -0.2) is 19.4 Å². The van der Waals surface area contributed by atoms with Gasteiger partial charge < -0.3 is 9.47 Å². The molecule has 0 unspecified atom stereocenters. The summed E-state index contributed by atoms with van der Waals surface area (Å²) < 4.78 is 8.97. The molecule has 0 amide bonds. The molecule has 9 heavy (non-hydrogen) atoms. The van der Waals surface area contributed by atoms with Crippen molar-refractivity contribution < 1.29 is 47.0 Å². The Balaban J connectivity index is 0. The number of carbonyl (C=O) groups is 1. The largest absolute Gasteiger partial charge is 0.462 e. The van der Waals surface area contributed by atoms with Gasteiger partial charge in [0.1, 0.15) is 0 Å². The van der Waals surface area contributed by atoms with Gasteiger partial charge in [-0.05, 0) is 6.92 Å². The van der Waals surface area contributed by atoms with Crippen molar-refractivity contribution in [3.63, 3.8) is 0 Å². The van der Waals surface area contributed by atoms with E-state index in [4.69, 9.17) is 0 Å². The molecule has 1 radical (unpaired) electrons. The predicted octanol–water partition coefficient (Wildman–Crippen LogP) is 0.355. The SMILES string of the molecule is [CH2-]C(=O)OCOCC.[Y]. The smallest absolute Gasteiger partial charge is 0.189 e. The Morgan fingerprint density at radius 1 is 1.67 bits per heavy atom. The third kappa shape index (κ3) is 11.8. The van der Waals surface area contributed by atoms with Gasteiger partial charge in [-0.15, -0.1) is 0 Å². The molecule has 0 aromatic carbocycles. The summed E-state index contributed by atoms with van der Waals surface area (Å²) in [6.45, 7) is 5.35. The van der Waals surface area contributed by atoms with Crippen molar-refractivity contribution in [1.29, 1.82) is 0 Å². The number of esters is 1. The fraction of sp³-hybridized carbons (Fsp3) is 0.600. The summed E-state index contributed by atoms with van der Waals surface area (Å²) in [5.74, 6) is -0.557. The van der Waals surface area contributed by atoms with Gasteiger partial charge in [0, 0.05) is 39.3 Å². The summed E-state index contributed by atoms with van der Waals surface area (Å²) in [5.41, 5.74) is 0. The van der Waals surface area contributed by atoms with Gasteiger partial charge in [-0.2, -0.15) is 0 Å². The number of hydrogen-bond acceptors (Lipinski definition) is 3. The molecule has 0 spiro atoms. The molecular weight excluding hydrogens is 197 g/mol. The second-order valence-electron chi connectivity index (χ2n) is 1.13. The van der Waals surface area contributed by atoms with Crippen LogP contribution in [0.1, 0.15) is 6.92 Å². The number of rotatable bonds is 3. The van der Waals surface area contributed by atoms with E-state index >= 15 is 0 Å². The fourth-order valence-electron chi connectivity index (χ4n) is 0.191. The van der Waals surface area contributed by atoms with Crippen LogP contribution in [0.25, 0.3) is 0 Å². The number of hydrogen-bond donors (Lipinski definition) is 0. The first-order valence-electron chi connectivity index (χ1n) is 2.33. The Morgan fingerprint density at radius 2 is 2.22 bits per heavy atom. The molecule has 0 aliphatic carbocycles. The minimum absolute atomic E-state index is 0. The van der Waals surface area contributed by atoms with Crippen LogP contribution >= 0.6 is 0 Å². The Morgan fingerprint density at radius 3 is 2.56 bits per heavy atom. The van der Waals surface area contributed by atoms with Crippen molar-refractivity contribution in [1.82, 2.24) is 0 Å². The van der Waals surface area contributed by atoms with Gasteiger partial charge in [0.05, 0.1) is 0 Å². The van der Waals surface area contributed by atoms with Crippen LogP contribution in [0, 0.1) is 6.92 Å². The molecule has 0 saturated heterocycles. The van der Waals surface area contributed by atoms with Crippen LogP contribution in [0.4, 0.5) is 0 Å². The first kappa shape index (κ1) is 12.1. The number of carbonyl (C=O) groups excluding carboxylic acids is 1. The average Bonchev–Trinajstić information content (AvgIpc) is 1.66. The monoisotopic (exact) mass is 206 g/mol. The fourth-order valence-corrected chi connectivity index (χ4v) is 0.191. The maximum absolute atomic E-state index is 9.91. The van der Waals surface area contributed by atoms with E-state index in [0.29, 0.717) is 6.61 Å². The van der Waals surface area contributed by atoms with Crippen molar-refractivity contribution >= 4 is 5.97 Å². The van der Waals surface area contributed by atoms with Crippen molar-refractivity contribution in [3.8, 4) is 0 Å². The maximum atomic E-state index is 9.91. The molecule has 0 rings (SSSR count). The topological polar surface area (TPSA) is 35.5 Å². The van der Waals surface area contributed by atoms with E-state index in [1.807, 2.05) is 6.92 Å². The van der Waals surface area contributed by atoms with Gasteiger partial charge >= 0.3 is 0 Å². The van der Waals surface area contributed by atoms with Gasteiger partial charge in [-0.1, -0.05) is 0 Å². The van der Waals surface area contributed by atoms with Gasteiger partial charge in [-0.25, -0.2) is 0 Å². The molecule has 0 heterocycles. The normalized spacial score (nSPS) is 7.67. The molecule has 0 saturated carbocycles. The molecular formula is C5H9O3Y-. The standard InChI is InChI=1S/C5H9O3.Y/c1-3-7-4-8-5(2)6;/h2-4H2,1H3;/q-1;.